The van der Waals surface area contributed by atoms with E-state index in [0.29, 0.717) is 13.0 Å². The summed E-state index contributed by atoms with van der Waals surface area (Å²) >= 11 is 0. The molecule has 0 fully saturated rings. The van der Waals surface area contributed by atoms with Crippen molar-refractivity contribution in [3.63, 3.8) is 0 Å². The number of rotatable bonds is 9. The van der Waals surface area contributed by atoms with Gasteiger partial charge in [0.25, 0.3) is 0 Å². The lowest BCUT2D eigenvalue weighted by Gasteiger charge is -2.22. The van der Waals surface area contributed by atoms with Crippen molar-refractivity contribution >= 4 is 26.7 Å². The summed E-state index contributed by atoms with van der Waals surface area (Å²) in [4.78, 5) is 7.96. The molecule has 3 N–H and O–H groups in total. The van der Waals surface area contributed by atoms with Crippen molar-refractivity contribution in [3.8, 4) is 0 Å². The highest BCUT2D eigenvalue weighted by atomic mass is 32.2. The molecule has 0 aliphatic carbocycles. The summed E-state index contributed by atoms with van der Waals surface area (Å²) < 4.78 is 22.8. The highest BCUT2D eigenvalue weighted by Crippen LogP contribution is 2.21. The molecule has 0 spiro atoms. The van der Waals surface area contributed by atoms with Crippen LogP contribution in [0.2, 0.25) is 0 Å². The molecule has 0 radical (unpaired) electrons. The number of sulfone groups is 1. The molecule has 1 aromatic carbocycles. The van der Waals surface area contributed by atoms with Crippen LogP contribution in [0, 0.1) is 5.41 Å². The molecule has 6 nitrogen and oxygen atoms in total. The molecule has 0 aliphatic heterocycles. The number of aromatic nitrogens is 1. The SMILES string of the molecule is CCNC(=NCC(C)(C)CCS(C)(=O)=O)NCCc1c[nH]c2ccccc12. The van der Waals surface area contributed by atoms with Crippen LogP contribution < -0.4 is 10.6 Å². The fraction of sp³-hybridized carbons (Fsp3) is 0.550. The van der Waals surface area contributed by atoms with E-state index in [1.165, 1.54) is 17.2 Å². The van der Waals surface area contributed by atoms with Crippen LogP contribution in [0.4, 0.5) is 0 Å². The van der Waals surface area contributed by atoms with Gasteiger partial charge in [-0.1, -0.05) is 32.0 Å². The van der Waals surface area contributed by atoms with Crippen LogP contribution >= 0.6 is 0 Å². The van der Waals surface area contributed by atoms with Crippen LogP contribution in [0.3, 0.4) is 0 Å². The molecule has 27 heavy (non-hydrogen) atoms. The van der Waals surface area contributed by atoms with Gasteiger partial charge in [-0.15, -0.1) is 0 Å². The molecule has 1 heterocycles. The van der Waals surface area contributed by atoms with E-state index < -0.39 is 9.84 Å². The molecule has 1 aromatic heterocycles. The van der Waals surface area contributed by atoms with Crippen LogP contribution in [0.25, 0.3) is 10.9 Å². The van der Waals surface area contributed by atoms with Crippen LogP contribution in [0.15, 0.2) is 35.5 Å². The number of nitrogens with one attached hydrogen (secondary N) is 3. The predicted octanol–water partition coefficient (Wildman–Crippen LogP) is 2.73. The third-order valence-electron chi connectivity index (χ3n) is 4.52. The number of hydrogen-bond donors (Lipinski definition) is 3. The van der Waals surface area contributed by atoms with Gasteiger partial charge in [-0.25, -0.2) is 8.42 Å². The first-order valence-electron chi connectivity index (χ1n) is 9.45. The van der Waals surface area contributed by atoms with E-state index in [9.17, 15) is 8.42 Å². The Morgan fingerprint density at radius 3 is 2.67 bits per heavy atom. The van der Waals surface area contributed by atoms with Gasteiger partial charge in [0.15, 0.2) is 5.96 Å². The molecule has 0 saturated heterocycles. The van der Waals surface area contributed by atoms with Crippen molar-refractivity contribution in [2.75, 3.05) is 31.6 Å². The number of nitrogens with zero attached hydrogens (tertiary/aromatic N) is 1. The molecule has 0 unspecified atom stereocenters. The summed E-state index contributed by atoms with van der Waals surface area (Å²) in [7, 11) is -2.95. The van der Waals surface area contributed by atoms with Crippen molar-refractivity contribution < 1.29 is 8.42 Å². The van der Waals surface area contributed by atoms with E-state index in [2.05, 4.69) is 58.9 Å². The highest BCUT2D eigenvalue weighted by Gasteiger charge is 2.20. The maximum Gasteiger partial charge on any atom is 0.191 e. The second kappa shape index (κ2) is 9.26. The fourth-order valence-corrected chi connectivity index (χ4v) is 3.75. The number of H-pyrrole nitrogens is 1. The van der Waals surface area contributed by atoms with Crippen molar-refractivity contribution in [1.82, 2.24) is 15.6 Å². The monoisotopic (exact) mass is 392 g/mol. The lowest BCUT2D eigenvalue weighted by Crippen LogP contribution is -2.39. The Hall–Kier alpha value is -2.02. The first-order chi connectivity index (χ1) is 12.7. The van der Waals surface area contributed by atoms with Gasteiger partial charge in [0.05, 0.1) is 5.75 Å². The van der Waals surface area contributed by atoms with Crippen LogP contribution in [0.5, 0.6) is 0 Å². The second-order valence-corrected chi connectivity index (χ2v) is 10.0. The number of hydrogen-bond acceptors (Lipinski definition) is 3. The average Bonchev–Trinajstić information content (AvgIpc) is 3.01. The molecular formula is C20H32N4O2S. The normalized spacial score (nSPS) is 13.1. The zero-order valence-corrected chi connectivity index (χ0v) is 17.6. The number of aromatic amines is 1. The first-order valence-corrected chi connectivity index (χ1v) is 11.5. The quantitative estimate of drug-likeness (QED) is 0.452. The van der Waals surface area contributed by atoms with E-state index in [4.69, 9.17) is 0 Å². The largest absolute Gasteiger partial charge is 0.361 e. The molecular weight excluding hydrogens is 360 g/mol. The topological polar surface area (TPSA) is 86.3 Å². The minimum absolute atomic E-state index is 0.164. The fourth-order valence-electron chi connectivity index (χ4n) is 2.83. The summed E-state index contributed by atoms with van der Waals surface area (Å²) in [6.07, 6.45) is 4.84. The Morgan fingerprint density at radius 1 is 1.22 bits per heavy atom. The van der Waals surface area contributed by atoms with Crippen molar-refractivity contribution in [3.05, 3.63) is 36.0 Å². The van der Waals surface area contributed by atoms with E-state index in [-0.39, 0.29) is 11.2 Å². The molecule has 7 heteroatoms. The summed E-state index contributed by atoms with van der Waals surface area (Å²) in [5.74, 6) is 0.963. The van der Waals surface area contributed by atoms with E-state index in [1.54, 1.807) is 0 Å². The Labute approximate surface area is 162 Å². The predicted molar refractivity (Wildman–Crippen MR) is 114 cm³/mol. The Kier molecular flexibility index (Phi) is 7.30. The van der Waals surface area contributed by atoms with Gasteiger partial charge in [0, 0.05) is 43.0 Å². The molecule has 0 bridgehead atoms. The smallest absolute Gasteiger partial charge is 0.191 e. The lowest BCUT2D eigenvalue weighted by molar-refractivity contribution is 0.365. The Bertz CT molecular complexity index is 869. The summed E-state index contributed by atoms with van der Waals surface area (Å²) in [5.41, 5.74) is 2.27. The van der Waals surface area contributed by atoms with Crippen LogP contribution in [0.1, 0.15) is 32.8 Å². The third-order valence-corrected chi connectivity index (χ3v) is 5.47. The highest BCUT2D eigenvalue weighted by molar-refractivity contribution is 7.90. The number of para-hydroxylation sites is 1. The second-order valence-electron chi connectivity index (χ2n) is 7.78. The Balaban J connectivity index is 1.91. The van der Waals surface area contributed by atoms with Gasteiger partial charge in [-0.3, -0.25) is 4.99 Å². The van der Waals surface area contributed by atoms with Crippen molar-refractivity contribution in [2.24, 2.45) is 10.4 Å². The van der Waals surface area contributed by atoms with Gasteiger partial charge >= 0.3 is 0 Å². The van der Waals surface area contributed by atoms with Gasteiger partial charge in [0.2, 0.25) is 0 Å². The lowest BCUT2D eigenvalue weighted by atomic mass is 9.90. The zero-order chi connectivity index (χ0) is 19.9. The van der Waals surface area contributed by atoms with Crippen LogP contribution in [-0.2, 0) is 16.3 Å². The molecule has 0 amide bonds. The molecule has 0 atom stereocenters. The van der Waals surface area contributed by atoms with E-state index in [0.717, 1.165) is 31.0 Å². The molecule has 0 saturated carbocycles. The maximum absolute atomic E-state index is 11.4. The van der Waals surface area contributed by atoms with E-state index in [1.807, 2.05) is 13.0 Å². The zero-order valence-electron chi connectivity index (χ0n) is 16.8. The Morgan fingerprint density at radius 2 is 1.96 bits per heavy atom. The van der Waals surface area contributed by atoms with Crippen molar-refractivity contribution in [2.45, 2.75) is 33.6 Å². The van der Waals surface area contributed by atoms with Gasteiger partial charge < -0.3 is 15.6 Å². The summed E-state index contributed by atoms with van der Waals surface area (Å²) in [6, 6.07) is 8.29. The van der Waals surface area contributed by atoms with Crippen molar-refractivity contribution in [1.29, 1.82) is 0 Å². The maximum atomic E-state index is 11.4. The number of fused-ring (bicyclic) bond motifs is 1. The standard InChI is InChI=1S/C20H32N4O2S/c1-5-21-19(24-15-20(2,3)11-13-27(4,25)26)22-12-10-16-14-23-18-9-7-6-8-17(16)18/h6-9,14,23H,5,10-13,15H2,1-4H3,(H2,21,22,24). The van der Waals surface area contributed by atoms with Gasteiger partial charge in [-0.05, 0) is 36.8 Å². The average molecular weight is 393 g/mol. The molecule has 150 valence electrons. The molecule has 2 rings (SSSR count). The minimum Gasteiger partial charge on any atom is -0.361 e. The summed E-state index contributed by atoms with van der Waals surface area (Å²) in [6.45, 7) is 8.27. The van der Waals surface area contributed by atoms with E-state index >= 15 is 0 Å². The molecule has 0 aliphatic rings. The number of aliphatic imine (C=N–C) groups is 1. The summed E-state index contributed by atoms with van der Waals surface area (Å²) in [5, 5.41) is 7.89. The van der Waals surface area contributed by atoms with Gasteiger partial charge in [-0.2, -0.15) is 0 Å². The first kappa shape index (κ1) is 21.3. The number of guanidine groups is 1. The third kappa shape index (κ3) is 7.25. The van der Waals surface area contributed by atoms with Gasteiger partial charge in [0.1, 0.15) is 9.84 Å². The molecule has 2 aromatic rings. The van der Waals surface area contributed by atoms with Crippen LogP contribution in [-0.4, -0.2) is 51.0 Å². The number of benzene rings is 1. The minimum atomic E-state index is -2.95.